The van der Waals surface area contributed by atoms with E-state index in [2.05, 4.69) is 4.98 Å². The van der Waals surface area contributed by atoms with Gasteiger partial charge in [0.05, 0.1) is 6.20 Å². The van der Waals surface area contributed by atoms with E-state index in [4.69, 9.17) is 9.52 Å². The van der Waals surface area contributed by atoms with E-state index in [1.165, 1.54) is 6.20 Å². The molecule has 0 amide bonds. The van der Waals surface area contributed by atoms with Crippen molar-refractivity contribution in [2.75, 3.05) is 0 Å². The first-order chi connectivity index (χ1) is 6.79. The summed E-state index contributed by atoms with van der Waals surface area (Å²) in [6.07, 6.45) is 1.51. The van der Waals surface area contributed by atoms with Gasteiger partial charge in [-0.05, 0) is 12.1 Å². The lowest BCUT2D eigenvalue weighted by Gasteiger charge is -1.96. The summed E-state index contributed by atoms with van der Waals surface area (Å²) < 4.78 is 5.20. The van der Waals surface area contributed by atoms with Crippen LogP contribution in [0.3, 0.4) is 0 Å². The van der Waals surface area contributed by atoms with Gasteiger partial charge in [-0.25, -0.2) is 4.98 Å². The van der Waals surface area contributed by atoms with E-state index >= 15 is 0 Å². The maximum absolute atomic E-state index is 9.23. The smallest absolute Gasteiger partial charge is 0.220 e. The molecule has 4 nitrogen and oxygen atoms in total. The first kappa shape index (κ1) is 8.77. The topological polar surface area (TPSA) is 66.5 Å². The van der Waals surface area contributed by atoms with Crippen LogP contribution in [-0.2, 0) is 6.61 Å². The number of phenols is 1. The second-order valence-corrected chi connectivity index (χ2v) is 2.83. The van der Waals surface area contributed by atoms with Crippen molar-refractivity contribution in [3.8, 4) is 17.1 Å². The molecule has 0 aliphatic rings. The zero-order valence-electron chi connectivity index (χ0n) is 7.34. The van der Waals surface area contributed by atoms with Crippen molar-refractivity contribution >= 4 is 0 Å². The minimum absolute atomic E-state index is 0.171. The second-order valence-electron chi connectivity index (χ2n) is 2.83. The summed E-state index contributed by atoms with van der Waals surface area (Å²) >= 11 is 0. The Morgan fingerprint density at radius 3 is 2.86 bits per heavy atom. The van der Waals surface area contributed by atoms with Crippen LogP contribution in [0.5, 0.6) is 5.75 Å². The Balaban J connectivity index is 2.39. The van der Waals surface area contributed by atoms with Gasteiger partial charge in [0.1, 0.15) is 12.4 Å². The van der Waals surface area contributed by atoms with Crippen LogP contribution in [0.1, 0.15) is 5.89 Å². The Labute approximate surface area is 80.5 Å². The molecule has 0 radical (unpaired) electrons. The molecule has 0 bridgehead atoms. The minimum Gasteiger partial charge on any atom is -0.508 e. The summed E-state index contributed by atoms with van der Waals surface area (Å²) in [4.78, 5) is 3.84. The van der Waals surface area contributed by atoms with E-state index in [0.29, 0.717) is 5.76 Å². The third-order valence-corrected chi connectivity index (χ3v) is 1.82. The summed E-state index contributed by atoms with van der Waals surface area (Å²) in [5.74, 6) is 0.970. The number of nitrogens with zero attached hydrogens (tertiary/aromatic N) is 1. The summed E-state index contributed by atoms with van der Waals surface area (Å²) in [7, 11) is 0. The fraction of sp³-hybridized carbons (Fsp3) is 0.100. The first-order valence-corrected chi connectivity index (χ1v) is 4.14. The standard InChI is InChI=1S/C10H9NO3/c12-6-10-11-5-9(14-10)7-2-1-3-8(13)4-7/h1-5,12-13H,6H2. The summed E-state index contributed by atoms with van der Waals surface area (Å²) in [6.45, 7) is -0.223. The number of rotatable bonds is 2. The zero-order chi connectivity index (χ0) is 9.97. The fourth-order valence-corrected chi connectivity index (χ4v) is 1.18. The number of benzene rings is 1. The number of hydrogen-bond acceptors (Lipinski definition) is 4. The third kappa shape index (κ3) is 1.60. The van der Waals surface area contributed by atoms with Gasteiger partial charge >= 0.3 is 0 Å². The maximum Gasteiger partial charge on any atom is 0.220 e. The number of aliphatic hydroxyl groups excluding tert-OH is 1. The number of hydrogen-bond donors (Lipinski definition) is 2. The van der Waals surface area contributed by atoms with E-state index in [0.717, 1.165) is 5.56 Å². The van der Waals surface area contributed by atoms with E-state index < -0.39 is 0 Å². The van der Waals surface area contributed by atoms with Gasteiger partial charge in [-0.15, -0.1) is 0 Å². The first-order valence-electron chi connectivity index (χ1n) is 4.14. The predicted octanol–water partition coefficient (Wildman–Crippen LogP) is 1.54. The van der Waals surface area contributed by atoms with Crippen molar-refractivity contribution in [2.24, 2.45) is 0 Å². The molecule has 0 spiro atoms. The number of aromatic nitrogens is 1. The van der Waals surface area contributed by atoms with Gasteiger partial charge in [-0.3, -0.25) is 0 Å². The Morgan fingerprint density at radius 2 is 2.21 bits per heavy atom. The Hall–Kier alpha value is -1.81. The van der Waals surface area contributed by atoms with Crippen LogP contribution >= 0.6 is 0 Å². The average Bonchev–Trinajstić information content (AvgIpc) is 2.66. The van der Waals surface area contributed by atoms with Crippen LogP contribution < -0.4 is 0 Å². The molecule has 0 unspecified atom stereocenters. The lowest BCUT2D eigenvalue weighted by atomic mass is 10.2. The maximum atomic E-state index is 9.23. The molecule has 0 aliphatic carbocycles. The molecule has 2 rings (SSSR count). The quantitative estimate of drug-likeness (QED) is 0.755. The highest BCUT2D eigenvalue weighted by Gasteiger charge is 2.05. The van der Waals surface area contributed by atoms with Gasteiger partial charge in [-0.2, -0.15) is 0 Å². The second kappa shape index (κ2) is 3.51. The van der Waals surface area contributed by atoms with Crippen molar-refractivity contribution in [1.82, 2.24) is 4.98 Å². The van der Waals surface area contributed by atoms with Gasteiger partial charge in [-0.1, -0.05) is 12.1 Å². The largest absolute Gasteiger partial charge is 0.508 e. The molecule has 1 aromatic heterocycles. The molecule has 0 saturated carbocycles. The summed E-state index contributed by atoms with van der Waals surface area (Å²) in [5.41, 5.74) is 0.734. The van der Waals surface area contributed by atoms with Crippen LogP contribution in [0.15, 0.2) is 34.9 Å². The van der Waals surface area contributed by atoms with Gasteiger partial charge in [0.2, 0.25) is 5.89 Å². The summed E-state index contributed by atoms with van der Waals surface area (Å²) in [6, 6.07) is 6.65. The highest BCUT2D eigenvalue weighted by molar-refractivity contribution is 5.58. The molecule has 0 atom stereocenters. The van der Waals surface area contributed by atoms with E-state index in [-0.39, 0.29) is 18.2 Å². The molecule has 0 aliphatic heterocycles. The normalized spacial score (nSPS) is 10.4. The lowest BCUT2D eigenvalue weighted by Crippen LogP contribution is -1.78. The molecule has 0 saturated heterocycles. The van der Waals surface area contributed by atoms with Crippen LogP contribution in [0, 0.1) is 0 Å². The number of aromatic hydroxyl groups is 1. The third-order valence-electron chi connectivity index (χ3n) is 1.82. The Morgan fingerprint density at radius 1 is 1.36 bits per heavy atom. The molecule has 2 aromatic rings. The molecule has 0 fully saturated rings. The molecular weight excluding hydrogens is 182 g/mol. The lowest BCUT2D eigenvalue weighted by molar-refractivity contribution is 0.241. The van der Waals surface area contributed by atoms with Gasteiger partial charge in [0, 0.05) is 5.56 Å². The Kier molecular flexibility index (Phi) is 2.20. The zero-order valence-corrected chi connectivity index (χ0v) is 7.34. The van der Waals surface area contributed by atoms with Crippen molar-refractivity contribution in [3.63, 3.8) is 0 Å². The van der Waals surface area contributed by atoms with Crippen molar-refractivity contribution in [2.45, 2.75) is 6.61 Å². The van der Waals surface area contributed by atoms with Crippen molar-refractivity contribution in [3.05, 3.63) is 36.4 Å². The van der Waals surface area contributed by atoms with Gasteiger partial charge in [0.15, 0.2) is 5.76 Å². The number of phenolic OH excluding ortho intramolecular Hbond substituents is 1. The van der Waals surface area contributed by atoms with Gasteiger partial charge in [0.25, 0.3) is 0 Å². The van der Waals surface area contributed by atoms with E-state index in [1.807, 2.05) is 0 Å². The SMILES string of the molecule is OCc1ncc(-c2cccc(O)c2)o1. The van der Waals surface area contributed by atoms with Crippen molar-refractivity contribution in [1.29, 1.82) is 0 Å². The highest BCUT2D eigenvalue weighted by atomic mass is 16.4. The predicted molar refractivity (Wildman–Crippen MR) is 49.5 cm³/mol. The molecule has 2 N–H and O–H groups in total. The summed E-state index contributed by atoms with van der Waals surface area (Å²) in [5, 5.41) is 18.0. The van der Waals surface area contributed by atoms with Crippen LogP contribution in [-0.4, -0.2) is 15.2 Å². The Bertz CT molecular complexity index is 436. The molecule has 4 heteroatoms. The molecule has 1 aromatic carbocycles. The monoisotopic (exact) mass is 191 g/mol. The molecule has 14 heavy (non-hydrogen) atoms. The van der Waals surface area contributed by atoms with E-state index in [9.17, 15) is 5.11 Å². The van der Waals surface area contributed by atoms with Crippen LogP contribution in [0.25, 0.3) is 11.3 Å². The average molecular weight is 191 g/mol. The van der Waals surface area contributed by atoms with Crippen LogP contribution in [0.2, 0.25) is 0 Å². The number of aliphatic hydroxyl groups is 1. The van der Waals surface area contributed by atoms with Crippen molar-refractivity contribution < 1.29 is 14.6 Å². The molecule has 1 heterocycles. The van der Waals surface area contributed by atoms with E-state index in [1.54, 1.807) is 24.3 Å². The molecule has 72 valence electrons. The molecular formula is C10H9NO3. The minimum atomic E-state index is -0.223. The number of oxazole rings is 1. The van der Waals surface area contributed by atoms with Gasteiger partial charge < -0.3 is 14.6 Å². The highest BCUT2D eigenvalue weighted by Crippen LogP contribution is 2.23. The van der Waals surface area contributed by atoms with Crippen LogP contribution in [0.4, 0.5) is 0 Å². The fourth-order valence-electron chi connectivity index (χ4n) is 1.18.